The molecule has 0 spiro atoms. The van der Waals surface area contributed by atoms with E-state index in [1.807, 2.05) is 6.07 Å². The van der Waals surface area contributed by atoms with Gasteiger partial charge in [0.2, 0.25) is 0 Å². The van der Waals surface area contributed by atoms with Crippen molar-refractivity contribution in [2.45, 2.75) is 39.3 Å². The summed E-state index contributed by atoms with van der Waals surface area (Å²) >= 11 is 0. The molecule has 1 aliphatic carbocycles. The Morgan fingerprint density at radius 2 is 1.89 bits per heavy atom. The lowest BCUT2D eigenvalue weighted by Crippen LogP contribution is -2.15. The number of rotatable bonds is 4. The van der Waals surface area contributed by atoms with Crippen molar-refractivity contribution in [1.82, 2.24) is 10.5 Å². The fraction of sp³-hybridized carbons (Fsp3) is 0.400. The first-order chi connectivity index (χ1) is 8.70. The molecule has 0 aliphatic heterocycles. The lowest BCUT2D eigenvalue weighted by molar-refractivity contribution is 0.420. The van der Waals surface area contributed by atoms with Gasteiger partial charge in [0.25, 0.3) is 0 Å². The first-order valence-corrected chi connectivity index (χ1v) is 6.48. The highest BCUT2D eigenvalue weighted by atomic mass is 16.5. The number of nitrogens with zero attached hydrogens (tertiary/aromatic N) is 1. The van der Waals surface area contributed by atoms with E-state index in [4.69, 9.17) is 4.52 Å². The van der Waals surface area contributed by atoms with E-state index in [2.05, 4.69) is 42.5 Å². The van der Waals surface area contributed by atoms with E-state index >= 15 is 0 Å². The average molecular weight is 242 g/mol. The fourth-order valence-corrected chi connectivity index (χ4v) is 2.18. The molecule has 18 heavy (non-hydrogen) atoms. The van der Waals surface area contributed by atoms with Crippen LogP contribution in [-0.4, -0.2) is 11.2 Å². The van der Waals surface area contributed by atoms with Crippen LogP contribution in [0.4, 0.5) is 0 Å². The topological polar surface area (TPSA) is 38.1 Å². The Bertz CT molecular complexity index is 535. The van der Waals surface area contributed by atoms with Gasteiger partial charge in [-0.25, -0.2) is 0 Å². The number of benzene rings is 1. The van der Waals surface area contributed by atoms with Crippen molar-refractivity contribution < 1.29 is 4.52 Å². The summed E-state index contributed by atoms with van der Waals surface area (Å²) in [6.45, 7) is 5.00. The molecule has 1 saturated carbocycles. The van der Waals surface area contributed by atoms with Gasteiger partial charge in [-0.05, 0) is 38.8 Å². The van der Waals surface area contributed by atoms with E-state index in [0.29, 0.717) is 6.04 Å². The summed E-state index contributed by atoms with van der Waals surface area (Å²) < 4.78 is 5.42. The average Bonchev–Trinajstić information content (AvgIpc) is 3.02. The van der Waals surface area contributed by atoms with E-state index in [0.717, 1.165) is 23.6 Å². The van der Waals surface area contributed by atoms with E-state index in [9.17, 15) is 0 Å². The van der Waals surface area contributed by atoms with Crippen molar-refractivity contribution in [1.29, 1.82) is 0 Å². The van der Waals surface area contributed by atoms with Crippen LogP contribution < -0.4 is 5.32 Å². The Morgan fingerprint density at radius 3 is 2.56 bits per heavy atom. The van der Waals surface area contributed by atoms with Gasteiger partial charge in [-0.15, -0.1) is 0 Å². The summed E-state index contributed by atoms with van der Waals surface area (Å²) in [5.74, 6) is 0.856. The Labute approximate surface area is 107 Å². The van der Waals surface area contributed by atoms with E-state index in [1.165, 1.54) is 24.0 Å². The molecule has 0 atom stereocenters. The summed E-state index contributed by atoms with van der Waals surface area (Å²) in [6, 6.07) is 9.15. The number of aryl methyl sites for hydroxylation is 2. The fourth-order valence-electron chi connectivity index (χ4n) is 2.18. The van der Waals surface area contributed by atoms with E-state index in [1.54, 1.807) is 0 Å². The minimum atomic E-state index is 0.700. The highest BCUT2D eigenvalue weighted by molar-refractivity contribution is 5.59. The van der Waals surface area contributed by atoms with Crippen LogP contribution in [0.3, 0.4) is 0 Å². The van der Waals surface area contributed by atoms with Crippen LogP contribution in [-0.2, 0) is 6.54 Å². The van der Waals surface area contributed by atoms with Crippen LogP contribution in [0.1, 0.15) is 29.7 Å². The third-order valence-corrected chi connectivity index (χ3v) is 3.21. The predicted molar refractivity (Wildman–Crippen MR) is 71.3 cm³/mol. The molecular weight excluding hydrogens is 224 g/mol. The smallest absolute Gasteiger partial charge is 0.167 e. The molecule has 0 amide bonds. The van der Waals surface area contributed by atoms with Crippen LogP contribution in [0.25, 0.3) is 11.3 Å². The molecule has 94 valence electrons. The van der Waals surface area contributed by atoms with Crippen molar-refractivity contribution in [2.24, 2.45) is 0 Å². The van der Waals surface area contributed by atoms with Gasteiger partial charge in [-0.2, -0.15) is 0 Å². The van der Waals surface area contributed by atoms with Crippen LogP contribution in [0.15, 0.2) is 28.8 Å². The summed E-state index contributed by atoms with van der Waals surface area (Å²) in [7, 11) is 0. The molecule has 1 fully saturated rings. The Hall–Kier alpha value is -1.61. The molecule has 0 saturated heterocycles. The second-order valence-electron chi connectivity index (χ2n) is 5.21. The molecule has 2 aromatic rings. The van der Waals surface area contributed by atoms with Crippen molar-refractivity contribution in [3.63, 3.8) is 0 Å². The van der Waals surface area contributed by atoms with E-state index < -0.39 is 0 Å². The van der Waals surface area contributed by atoms with Crippen LogP contribution >= 0.6 is 0 Å². The molecule has 1 aromatic heterocycles. The Balaban J connectivity index is 1.78. The van der Waals surface area contributed by atoms with Gasteiger partial charge in [0, 0.05) is 24.2 Å². The first-order valence-electron chi connectivity index (χ1n) is 6.48. The van der Waals surface area contributed by atoms with Crippen molar-refractivity contribution in [3.05, 3.63) is 41.1 Å². The summed E-state index contributed by atoms with van der Waals surface area (Å²) in [5, 5.41) is 7.55. The first kappa shape index (κ1) is 11.5. The maximum Gasteiger partial charge on any atom is 0.167 e. The zero-order valence-corrected chi connectivity index (χ0v) is 10.9. The summed E-state index contributed by atoms with van der Waals surface area (Å²) in [5.41, 5.74) is 4.59. The molecule has 3 rings (SSSR count). The minimum absolute atomic E-state index is 0.700. The Kier molecular flexibility index (Phi) is 2.92. The van der Waals surface area contributed by atoms with Crippen molar-refractivity contribution >= 4 is 0 Å². The molecular formula is C15H18N2O. The van der Waals surface area contributed by atoms with Gasteiger partial charge in [0.15, 0.2) is 5.76 Å². The zero-order valence-electron chi connectivity index (χ0n) is 10.9. The molecule has 1 aromatic carbocycles. The highest BCUT2D eigenvalue weighted by Crippen LogP contribution is 2.24. The second kappa shape index (κ2) is 4.58. The number of aromatic nitrogens is 1. The standard InChI is InChI=1S/C15H18N2O/c1-10-5-11(2)7-12(6-10)15-8-14(17-18-15)9-16-13-3-4-13/h5-8,13,16H,3-4,9H2,1-2H3. The molecule has 3 nitrogen and oxygen atoms in total. The highest BCUT2D eigenvalue weighted by Gasteiger charge is 2.20. The molecule has 1 N–H and O–H groups in total. The van der Waals surface area contributed by atoms with Gasteiger partial charge < -0.3 is 9.84 Å². The lowest BCUT2D eigenvalue weighted by atomic mass is 10.1. The molecule has 1 aliphatic rings. The molecule has 3 heteroatoms. The molecule has 0 unspecified atom stereocenters. The number of hydrogen-bond acceptors (Lipinski definition) is 3. The van der Waals surface area contributed by atoms with Gasteiger partial charge in [-0.3, -0.25) is 0 Å². The van der Waals surface area contributed by atoms with Crippen LogP contribution in [0, 0.1) is 13.8 Å². The third-order valence-electron chi connectivity index (χ3n) is 3.21. The summed E-state index contributed by atoms with van der Waals surface area (Å²) in [4.78, 5) is 0. The normalized spacial score (nSPS) is 15.0. The third kappa shape index (κ3) is 2.62. The maximum atomic E-state index is 5.42. The van der Waals surface area contributed by atoms with Gasteiger partial charge in [0.05, 0.1) is 5.69 Å². The number of hydrogen-bond donors (Lipinski definition) is 1. The quantitative estimate of drug-likeness (QED) is 0.894. The SMILES string of the molecule is Cc1cc(C)cc(-c2cc(CNC3CC3)no2)c1. The number of nitrogens with one attached hydrogen (secondary N) is 1. The van der Waals surface area contributed by atoms with Gasteiger partial charge in [0.1, 0.15) is 0 Å². The van der Waals surface area contributed by atoms with Crippen molar-refractivity contribution in [3.8, 4) is 11.3 Å². The Morgan fingerprint density at radius 1 is 1.17 bits per heavy atom. The van der Waals surface area contributed by atoms with Crippen LogP contribution in [0.5, 0.6) is 0 Å². The monoisotopic (exact) mass is 242 g/mol. The second-order valence-corrected chi connectivity index (χ2v) is 5.21. The van der Waals surface area contributed by atoms with Crippen molar-refractivity contribution in [2.75, 3.05) is 0 Å². The van der Waals surface area contributed by atoms with Gasteiger partial charge in [-0.1, -0.05) is 22.3 Å². The maximum absolute atomic E-state index is 5.42. The van der Waals surface area contributed by atoms with E-state index in [-0.39, 0.29) is 0 Å². The van der Waals surface area contributed by atoms with Gasteiger partial charge >= 0.3 is 0 Å². The lowest BCUT2D eigenvalue weighted by Gasteiger charge is -2.00. The minimum Gasteiger partial charge on any atom is -0.356 e. The predicted octanol–water partition coefficient (Wildman–Crippen LogP) is 3.21. The molecule has 0 bridgehead atoms. The zero-order chi connectivity index (χ0) is 12.5. The largest absolute Gasteiger partial charge is 0.356 e. The molecule has 0 radical (unpaired) electrons. The molecule has 1 heterocycles. The van der Waals surface area contributed by atoms with Crippen LogP contribution in [0.2, 0.25) is 0 Å². The summed E-state index contributed by atoms with van der Waals surface area (Å²) in [6.07, 6.45) is 2.59.